The number of alkyl halides is 1. The summed E-state index contributed by atoms with van der Waals surface area (Å²) >= 11 is 5.70. The van der Waals surface area contributed by atoms with Crippen molar-refractivity contribution in [2.24, 2.45) is 0 Å². The van der Waals surface area contributed by atoms with Crippen LogP contribution in [0.3, 0.4) is 0 Å². The van der Waals surface area contributed by atoms with E-state index in [4.69, 9.17) is 11.6 Å². The van der Waals surface area contributed by atoms with Gasteiger partial charge in [0, 0.05) is 36.8 Å². The third-order valence-corrected chi connectivity index (χ3v) is 3.29. The maximum absolute atomic E-state index is 10.6. The molecule has 0 saturated carbocycles. The van der Waals surface area contributed by atoms with E-state index in [0.717, 1.165) is 44.5 Å². The molecule has 106 valence electrons. The summed E-state index contributed by atoms with van der Waals surface area (Å²) in [5, 5.41) is 10.6. The minimum Gasteiger partial charge on any atom is -0.372 e. The first-order valence-corrected chi connectivity index (χ1v) is 7.28. The monoisotopic (exact) mass is 284 g/mol. The molecule has 0 aliphatic rings. The molecule has 19 heavy (non-hydrogen) atoms. The topological polar surface area (TPSA) is 46.4 Å². The van der Waals surface area contributed by atoms with Crippen molar-refractivity contribution < 1.29 is 4.92 Å². The SMILES string of the molecule is CCCCN(CCCCCl)c1ccc([N+](=O)[O-])cc1. The molecular weight excluding hydrogens is 264 g/mol. The molecule has 0 radical (unpaired) electrons. The van der Waals surface area contributed by atoms with E-state index in [0.29, 0.717) is 5.88 Å². The van der Waals surface area contributed by atoms with Crippen molar-refractivity contribution in [1.29, 1.82) is 0 Å². The number of nitro benzene ring substituents is 1. The van der Waals surface area contributed by atoms with Gasteiger partial charge in [-0.3, -0.25) is 10.1 Å². The lowest BCUT2D eigenvalue weighted by Crippen LogP contribution is -2.25. The summed E-state index contributed by atoms with van der Waals surface area (Å²) in [6.45, 7) is 4.09. The molecule has 0 aliphatic heterocycles. The molecule has 1 aromatic carbocycles. The summed E-state index contributed by atoms with van der Waals surface area (Å²) in [7, 11) is 0. The highest BCUT2D eigenvalue weighted by atomic mass is 35.5. The zero-order valence-corrected chi connectivity index (χ0v) is 12.1. The van der Waals surface area contributed by atoms with E-state index in [1.807, 2.05) is 12.1 Å². The van der Waals surface area contributed by atoms with E-state index in [-0.39, 0.29) is 10.6 Å². The van der Waals surface area contributed by atoms with Gasteiger partial charge in [-0.15, -0.1) is 11.6 Å². The molecule has 0 spiro atoms. The second-order valence-corrected chi connectivity index (χ2v) is 4.89. The predicted molar refractivity (Wildman–Crippen MR) is 80.2 cm³/mol. The summed E-state index contributed by atoms with van der Waals surface area (Å²) < 4.78 is 0. The van der Waals surface area contributed by atoms with Gasteiger partial charge in [0.25, 0.3) is 5.69 Å². The van der Waals surface area contributed by atoms with Gasteiger partial charge < -0.3 is 4.90 Å². The number of nitro groups is 1. The Bertz CT molecular complexity index is 382. The fourth-order valence-corrected chi connectivity index (χ4v) is 2.09. The first-order valence-electron chi connectivity index (χ1n) is 6.74. The molecule has 1 rings (SSSR count). The van der Waals surface area contributed by atoms with E-state index in [2.05, 4.69) is 11.8 Å². The Labute approximate surface area is 119 Å². The van der Waals surface area contributed by atoms with Crippen molar-refractivity contribution in [3.8, 4) is 0 Å². The van der Waals surface area contributed by atoms with Crippen LogP contribution in [0.5, 0.6) is 0 Å². The lowest BCUT2D eigenvalue weighted by Gasteiger charge is -2.24. The number of benzene rings is 1. The highest BCUT2D eigenvalue weighted by Gasteiger charge is 2.09. The van der Waals surface area contributed by atoms with Crippen LogP contribution < -0.4 is 4.90 Å². The van der Waals surface area contributed by atoms with Crippen LogP contribution in [-0.4, -0.2) is 23.9 Å². The fraction of sp³-hybridized carbons (Fsp3) is 0.571. The van der Waals surface area contributed by atoms with Crippen LogP contribution in [0.25, 0.3) is 0 Å². The number of hydrogen-bond acceptors (Lipinski definition) is 3. The molecule has 0 amide bonds. The first kappa shape index (κ1) is 15.8. The Morgan fingerprint density at radius 1 is 1.16 bits per heavy atom. The fourth-order valence-electron chi connectivity index (χ4n) is 1.90. The Morgan fingerprint density at radius 3 is 2.32 bits per heavy atom. The van der Waals surface area contributed by atoms with Crippen LogP contribution in [0.1, 0.15) is 32.6 Å². The standard InChI is InChI=1S/C14H21ClN2O2/c1-2-3-11-16(12-5-4-10-15)13-6-8-14(9-7-13)17(18)19/h6-9H,2-5,10-12H2,1H3. The minimum atomic E-state index is -0.367. The largest absolute Gasteiger partial charge is 0.372 e. The molecule has 0 heterocycles. The van der Waals surface area contributed by atoms with E-state index in [1.165, 1.54) is 0 Å². The van der Waals surface area contributed by atoms with E-state index < -0.39 is 0 Å². The maximum Gasteiger partial charge on any atom is 0.269 e. The van der Waals surface area contributed by atoms with Crippen molar-refractivity contribution in [3.63, 3.8) is 0 Å². The number of non-ortho nitro benzene ring substituents is 1. The van der Waals surface area contributed by atoms with Crippen LogP contribution in [0, 0.1) is 10.1 Å². The van der Waals surface area contributed by atoms with Gasteiger partial charge in [-0.1, -0.05) is 13.3 Å². The zero-order valence-electron chi connectivity index (χ0n) is 11.3. The van der Waals surface area contributed by atoms with Crippen LogP contribution in [0.2, 0.25) is 0 Å². The highest BCUT2D eigenvalue weighted by Crippen LogP contribution is 2.20. The molecule has 1 aromatic rings. The van der Waals surface area contributed by atoms with Gasteiger partial charge in [-0.2, -0.15) is 0 Å². The molecule has 4 nitrogen and oxygen atoms in total. The number of nitrogens with zero attached hydrogens (tertiary/aromatic N) is 2. The molecule has 0 aromatic heterocycles. The van der Waals surface area contributed by atoms with Crippen LogP contribution in [0.15, 0.2) is 24.3 Å². The molecule has 0 aliphatic carbocycles. The van der Waals surface area contributed by atoms with Gasteiger partial charge in [0.2, 0.25) is 0 Å². The van der Waals surface area contributed by atoms with E-state index in [1.54, 1.807) is 12.1 Å². The Hall–Kier alpha value is -1.29. The van der Waals surface area contributed by atoms with Crippen molar-refractivity contribution in [2.75, 3.05) is 23.9 Å². The number of unbranched alkanes of at least 4 members (excludes halogenated alkanes) is 2. The van der Waals surface area contributed by atoms with E-state index >= 15 is 0 Å². The normalized spacial score (nSPS) is 10.4. The maximum atomic E-state index is 10.6. The summed E-state index contributed by atoms with van der Waals surface area (Å²) in [5.41, 5.74) is 1.19. The number of hydrogen-bond donors (Lipinski definition) is 0. The Morgan fingerprint density at radius 2 is 1.79 bits per heavy atom. The van der Waals surface area contributed by atoms with Gasteiger partial charge in [0.1, 0.15) is 0 Å². The first-order chi connectivity index (χ1) is 9.19. The third-order valence-electron chi connectivity index (χ3n) is 3.02. The quantitative estimate of drug-likeness (QED) is 0.295. The minimum absolute atomic E-state index is 0.139. The highest BCUT2D eigenvalue weighted by molar-refractivity contribution is 6.17. The Balaban J connectivity index is 2.68. The van der Waals surface area contributed by atoms with Gasteiger partial charge in [0.15, 0.2) is 0 Å². The summed E-state index contributed by atoms with van der Waals surface area (Å²) in [5.74, 6) is 0.682. The number of rotatable bonds is 9. The van der Waals surface area contributed by atoms with Gasteiger partial charge in [0.05, 0.1) is 4.92 Å². The summed E-state index contributed by atoms with van der Waals surface area (Å²) in [6, 6.07) is 6.79. The molecular formula is C14H21ClN2O2. The van der Waals surface area contributed by atoms with Crippen molar-refractivity contribution in [1.82, 2.24) is 0 Å². The lowest BCUT2D eigenvalue weighted by molar-refractivity contribution is -0.384. The zero-order chi connectivity index (χ0) is 14.1. The van der Waals surface area contributed by atoms with E-state index in [9.17, 15) is 10.1 Å². The van der Waals surface area contributed by atoms with Crippen LogP contribution in [-0.2, 0) is 0 Å². The van der Waals surface area contributed by atoms with Crippen LogP contribution >= 0.6 is 11.6 Å². The average molecular weight is 285 g/mol. The second kappa shape index (κ2) is 8.75. The smallest absolute Gasteiger partial charge is 0.269 e. The van der Waals surface area contributed by atoms with Gasteiger partial charge in [-0.05, 0) is 31.4 Å². The average Bonchev–Trinajstić information content (AvgIpc) is 2.43. The van der Waals surface area contributed by atoms with Gasteiger partial charge >= 0.3 is 0 Å². The predicted octanol–water partition coefficient (Wildman–Crippen LogP) is 4.22. The molecule has 0 fully saturated rings. The molecule has 0 bridgehead atoms. The van der Waals surface area contributed by atoms with Crippen molar-refractivity contribution in [2.45, 2.75) is 32.6 Å². The second-order valence-electron chi connectivity index (χ2n) is 4.51. The molecule has 5 heteroatoms. The molecule has 0 N–H and O–H groups in total. The summed E-state index contributed by atoms with van der Waals surface area (Å²) in [4.78, 5) is 12.6. The van der Waals surface area contributed by atoms with Crippen LogP contribution in [0.4, 0.5) is 11.4 Å². The van der Waals surface area contributed by atoms with Crippen molar-refractivity contribution in [3.05, 3.63) is 34.4 Å². The number of halogens is 1. The third kappa shape index (κ3) is 5.47. The van der Waals surface area contributed by atoms with Crippen molar-refractivity contribution >= 4 is 23.0 Å². The number of anilines is 1. The Kier molecular flexibility index (Phi) is 7.26. The van der Waals surface area contributed by atoms with Gasteiger partial charge in [-0.25, -0.2) is 0 Å². The molecule has 0 unspecified atom stereocenters. The molecule has 0 saturated heterocycles. The summed E-state index contributed by atoms with van der Waals surface area (Å²) in [6.07, 6.45) is 4.30. The molecule has 0 atom stereocenters. The lowest BCUT2D eigenvalue weighted by atomic mass is 10.2.